The van der Waals surface area contributed by atoms with Gasteiger partial charge in [0, 0.05) is 29.9 Å². The largest absolute Gasteiger partial charge is 0.378 e. The molecular weight excluding hydrogens is 316 g/mol. The van der Waals surface area contributed by atoms with Gasteiger partial charge in [0.1, 0.15) is 0 Å². The maximum absolute atomic E-state index is 12.3. The molecule has 0 aromatic heterocycles. The number of nitrogens with one attached hydrogen (secondary N) is 1. The number of carbonyl (C=O) groups excluding carboxylic acids is 1. The Balaban J connectivity index is 2.17. The van der Waals surface area contributed by atoms with Crippen molar-refractivity contribution in [2.24, 2.45) is 0 Å². The van der Waals surface area contributed by atoms with E-state index in [-0.39, 0.29) is 5.91 Å². The van der Waals surface area contributed by atoms with Gasteiger partial charge in [0.15, 0.2) is 0 Å². The van der Waals surface area contributed by atoms with Crippen molar-refractivity contribution in [3.05, 3.63) is 58.1 Å². The molecule has 4 heteroatoms. The molecule has 0 spiro atoms. The lowest BCUT2D eigenvalue weighted by Crippen LogP contribution is -2.13. The number of rotatable bonds is 3. The van der Waals surface area contributed by atoms with Crippen LogP contribution in [0.2, 0.25) is 0 Å². The molecule has 1 N–H and O–H groups in total. The van der Waals surface area contributed by atoms with Gasteiger partial charge in [0.25, 0.3) is 5.91 Å². The summed E-state index contributed by atoms with van der Waals surface area (Å²) in [5, 5.41) is 2.90. The highest BCUT2D eigenvalue weighted by Gasteiger charge is 2.11. The Kier molecular flexibility index (Phi) is 4.45. The number of nitrogens with zero attached hydrogens (tertiary/aromatic N) is 1. The minimum atomic E-state index is -0.113. The van der Waals surface area contributed by atoms with Crippen LogP contribution in [-0.2, 0) is 0 Å². The molecule has 0 heterocycles. The molecule has 2 aromatic carbocycles. The van der Waals surface area contributed by atoms with E-state index in [9.17, 15) is 4.79 Å². The zero-order valence-corrected chi connectivity index (χ0v) is 13.4. The maximum Gasteiger partial charge on any atom is 0.256 e. The predicted octanol–water partition coefficient (Wildman–Crippen LogP) is 4.08. The van der Waals surface area contributed by atoms with Crippen molar-refractivity contribution >= 4 is 33.2 Å². The molecule has 0 radical (unpaired) electrons. The Bertz CT molecular complexity index is 621. The maximum atomic E-state index is 12.3. The van der Waals surface area contributed by atoms with E-state index >= 15 is 0 Å². The highest BCUT2D eigenvalue weighted by molar-refractivity contribution is 9.10. The molecule has 0 atom stereocenters. The molecule has 0 fully saturated rings. The van der Waals surface area contributed by atoms with Gasteiger partial charge in [0.05, 0.1) is 5.56 Å². The summed E-state index contributed by atoms with van der Waals surface area (Å²) in [5.74, 6) is -0.113. The van der Waals surface area contributed by atoms with Crippen molar-refractivity contribution < 1.29 is 4.79 Å². The number of amides is 1. The van der Waals surface area contributed by atoms with Crippen LogP contribution in [0.3, 0.4) is 0 Å². The third-order valence-electron chi connectivity index (χ3n) is 3.08. The van der Waals surface area contributed by atoms with E-state index in [4.69, 9.17) is 0 Å². The second-order valence-electron chi connectivity index (χ2n) is 4.83. The van der Waals surface area contributed by atoms with Gasteiger partial charge in [0.2, 0.25) is 0 Å². The number of anilines is 2. The van der Waals surface area contributed by atoms with Gasteiger partial charge < -0.3 is 10.2 Å². The quantitative estimate of drug-likeness (QED) is 0.918. The van der Waals surface area contributed by atoms with Gasteiger partial charge in [-0.15, -0.1) is 0 Å². The van der Waals surface area contributed by atoms with Crippen LogP contribution in [0.25, 0.3) is 0 Å². The molecule has 0 aliphatic carbocycles. The van der Waals surface area contributed by atoms with E-state index in [0.29, 0.717) is 5.56 Å². The zero-order chi connectivity index (χ0) is 14.7. The van der Waals surface area contributed by atoms with E-state index in [1.54, 1.807) is 6.07 Å². The second-order valence-corrected chi connectivity index (χ2v) is 5.62. The smallest absolute Gasteiger partial charge is 0.256 e. The van der Waals surface area contributed by atoms with Crippen LogP contribution in [0.4, 0.5) is 11.4 Å². The first kappa shape index (κ1) is 14.6. The lowest BCUT2D eigenvalue weighted by atomic mass is 10.1. The average molecular weight is 333 g/mol. The monoisotopic (exact) mass is 332 g/mol. The number of benzene rings is 2. The lowest BCUT2D eigenvalue weighted by molar-refractivity contribution is 0.102. The average Bonchev–Trinajstić information content (AvgIpc) is 2.42. The number of hydrogen-bond donors (Lipinski definition) is 1. The van der Waals surface area contributed by atoms with Crippen molar-refractivity contribution in [1.29, 1.82) is 0 Å². The van der Waals surface area contributed by atoms with E-state index in [2.05, 4.69) is 21.2 Å². The molecule has 0 aliphatic rings. The standard InChI is InChI=1S/C16H17BrN2O/c1-11-5-4-6-14(15(11)17)16(20)18-12-7-9-13(10-8-12)19(2)3/h4-10H,1-3H3,(H,18,20). The van der Waals surface area contributed by atoms with E-state index in [1.807, 2.05) is 62.3 Å². The summed E-state index contributed by atoms with van der Waals surface area (Å²) in [4.78, 5) is 14.3. The van der Waals surface area contributed by atoms with Crippen LogP contribution in [0.1, 0.15) is 15.9 Å². The van der Waals surface area contributed by atoms with Gasteiger partial charge in [-0.25, -0.2) is 0 Å². The third kappa shape index (κ3) is 3.20. The molecule has 2 rings (SSSR count). The highest BCUT2D eigenvalue weighted by Crippen LogP contribution is 2.22. The van der Waals surface area contributed by atoms with Gasteiger partial charge in [-0.1, -0.05) is 12.1 Å². The Morgan fingerprint density at radius 2 is 1.75 bits per heavy atom. The summed E-state index contributed by atoms with van der Waals surface area (Å²) >= 11 is 3.46. The third-order valence-corrected chi connectivity index (χ3v) is 4.13. The molecule has 20 heavy (non-hydrogen) atoms. The summed E-state index contributed by atoms with van der Waals surface area (Å²) in [6.45, 7) is 1.97. The van der Waals surface area contributed by atoms with Crippen molar-refractivity contribution in [3.63, 3.8) is 0 Å². The first-order valence-electron chi connectivity index (χ1n) is 6.33. The molecule has 2 aromatic rings. The number of carbonyl (C=O) groups is 1. The van der Waals surface area contributed by atoms with Crippen LogP contribution < -0.4 is 10.2 Å². The first-order chi connectivity index (χ1) is 9.49. The summed E-state index contributed by atoms with van der Waals surface area (Å²) < 4.78 is 0.836. The van der Waals surface area contributed by atoms with Gasteiger partial charge in [-0.2, -0.15) is 0 Å². The molecule has 0 aliphatic heterocycles. The van der Waals surface area contributed by atoms with Crippen LogP contribution >= 0.6 is 15.9 Å². The van der Waals surface area contributed by atoms with E-state index in [0.717, 1.165) is 21.4 Å². The molecule has 3 nitrogen and oxygen atoms in total. The molecule has 0 saturated carbocycles. The van der Waals surface area contributed by atoms with Crippen LogP contribution in [-0.4, -0.2) is 20.0 Å². The van der Waals surface area contributed by atoms with Gasteiger partial charge in [-0.05, 0) is 58.7 Å². The molecular formula is C16H17BrN2O. The minimum absolute atomic E-state index is 0.113. The summed E-state index contributed by atoms with van der Waals surface area (Å²) in [6, 6.07) is 13.4. The Morgan fingerprint density at radius 1 is 1.10 bits per heavy atom. The number of hydrogen-bond acceptors (Lipinski definition) is 2. The zero-order valence-electron chi connectivity index (χ0n) is 11.8. The van der Waals surface area contributed by atoms with Gasteiger partial charge >= 0.3 is 0 Å². The number of aryl methyl sites for hydroxylation is 1. The predicted molar refractivity (Wildman–Crippen MR) is 87.6 cm³/mol. The van der Waals surface area contributed by atoms with E-state index in [1.165, 1.54) is 0 Å². The summed E-state index contributed by atoms with van der Waals surface area (Å²) in [7, 11) is 3.97. The summed E-state index contributed by atoms with van der Waals surface area (Å²) in [6.07, 6.45) is 0. The van der Waals surface area contributed by atoms with Crippen LogP contribution in [0, 0.1) is 6.92 Å². The molecule has 1 amide bonds. The fraction of sp³-hybridized carbons (Fsp3) is 0.188. The van der Waals surface area contributed by atoms with Crippen molar-refractivity contribution in [1.82, 2.24) is 0 Å². The molecule has 0 unspecified atom stereocenters. The normalized spacial score (nSPS) is 10.2. The topological polar surface area (TPSA) is 32.3 Å². The van der Waals surface area contributed by atoms with Crippen LogP contribution in [0.15, 0.2) is 46.9 Å². The molecule has 0 bridgehead atoms. The minimum Gasteiger partial charge on any atom is -0.378 e. The van der Waals surface area contributed by atoms with Crippen LogP contribution in [0.5, 0.6) is 0 Å². The Hall–Kier alpha value is -1.81. The van der Waals surface area contributed by atoms with Gasteiger partial charge in [-0.3, -0.25) is 4.79 Å². The van der Waals surface area contributed by atoms with Crippen molar-refractivity contribution in [2.45, 2.75) is 6.92 Å². The number of halogens is 1. The molecule has 0 saturated heterocycles. The molecule has 104 valence electrons. The van der Waals surface area contributed by atoms with Crippen molar-refractivity contribution in [3.8, 4) is 0 Å². The second kappa shape index (κ2) is 6.09. The van der Waals surface area contributed by atoms with E-state index < -0.39 is 0 Å². The fourth-order valence-corrected chi connectivity index (χ4v) is 2.31. The Morgan fingerprint density at radius 3 is 2.35 bits per heavy atom. The summed E-state index contributed by atoms with van der Waals surface area (Å²) in [5.41, 5.74) is 3.57. The lowest BCUT2D eigenvalue weighted by Gasteiger charge is -2.13. The highest BCUT2D eigenvalue weighted by atomic mass is 79.9. The fourth-order valence-electron chi connectivity index (χ4n) is 1.86. The van der Waals surface area contributed by atoms with Crippen molar-refractivity contribution in [2.75, 3.05) is 24.3 Å². The SMILES string of the molecule is Cc1cccc(C(=O)Nc2ccc(N(C)C)cc2)c1Br. The first-order valence-corrected chi connectivity index (χ1v) is 7.12. The Labute approximate surface area is 127 Å².